The Morgan fingerprint density at radius 2 is 1.56 bits per heavy atom. The largest absolute Gasteiger partial charge is 0.494 e. The molecule has 43 heavy (non-hydrogen) atoms. The highest BCUT2D eigenvalue weighted by Crippen LogP contribution is 2.18. The molecule has 224 valence electrons. The zero-order valence-electron chi connectivity index (χ0n) is 24.5. The van der Waals surface area contributed by atoms with E-state index in [-0.39, 0.29) is 25.4 Å². The minimum Gasteiger partial charge on any atom is -0.494 e. The van der Waals surface area contributed by atoms with Crippen molar-refractivity contribution >= 4 is 29.2 Å². The first-order chi connectivity index (χ1) is 20.9. The quantitative estimate of drug-likeness (QED) is 0.195. The van der Waals surface area contributed by atoms with Gasteiger partial charge in [-0.1, -0.05) is 66.7 Å². The SMILES string of the molecule is CCOc1ccc(C[C@@H](NC(=O)c2sccc2C)C(=O)N(CCc2ccccc2)C(=O)NCc2ccc(CN)cc2)cc1. The van der Waals surface area contributed by atoms with Crippen molar-refractivity contribution in [2.45, 2.75) is 45.8 Å². The Morgan fingerprint density at radius 3 is 2.19 bits per heavy atom. The van der Waals surface area contributed by atoms with Crippen molar-refractivity contribution in [2.24, 2.45) is 5.73 Å². The number of benzene rings is 3. The lowest BCUT2D eigenvalue weighted by Crippen LogP contribution is -2.54. The van der Waals surface area contributed by atoms with Crippen LogP contribution in [-0.4, -0.2) is 41.9 Å². The molecular weight excluding hydrogens is 560 g/mol. The normalized spacial score (nSPS) is 11.4. The van der Waals surface area contributed by atoms with Crippen LogP contribution in [0.3, 0.4) is 0 Å². The van der Waals surface area contributed by atoms with E-state index in [9.17, 15) is 14.4 Å². The fourth-order valence-electron chi connectivity index (χ4n) is 4.61. The number of carbonyl (C=O) groups is 3. The highest BCUT2D eigenvalue weighted by Gasteiger charge is 2.31. The molecule has 4 N–H and O–H groups in total. The summed E-state index contributed by atoms with van der Waals surface area (Å²) >= 11 is 1.32. The maximum absolute atomic E-state index is 14.2. The van der Waals surface area contributed by atoms with Gasteiger partial charge in [-0.25, -0.2) is 4.79 Å². The van der Waals surface area contributed by atoms with E-state index in [1.807, 2.05) is 104 Å². The number of hydrogen-bond acceptors (Lipinski definition) is 6. The fourth-order valence-corrected chi connectivity index (χ4v) is 5.43. The molecule has 4 rings (SSSR count). The third kappa shape index (κ3) is 9.01. The lowest BCUT2D eigenvalue weighted by atomic mass is 10.0. The molecule has 0 aliphatic carbocycles. The Labute approximate surface area is 256 Å². The number of ether oxygens (including phenoxy) is 1. The van der Waals surface area contributed by atoms with E-state index in [2.05, 4.69) is 10.6 Å². The first-order valence-corrected chi connectivity index (χ1v) is 15.2. The summed E-state index contributed by atoms with van der Waals surface area (Å²) < 4.78 is 5.56. The smallest absolute Gasteiger partial charge is 0.324 e. The molecule has 1 aromatic heterocycles. The highest BCUT2D eigenvalue weighted by molar-refractivity contribution is 7.12. The van der Waals surface area contributed by atoms with Crippen molar-refractivity contribution in [3.63, 3.8) is 0 Å². The minimum absolute atomic E-state index is 0.147. The van der Waals surface area contributed by atoms with Gasteiger partial charge in [-0.15, -0.1) is 11.3 Å². The predicted octanol–water partition coefficient (Wildman–Crippen LogP) is 5.24. The molecular formula is C34H38N4O4S. The zero-order valence-corrected chi connectivity index (χ0v) is 25.4. The van der Waals surface area contributed by atoms with Gasteiger partial charge < -0.3 is 21.1 Å². The Kier molecular flexibility index (Phi) is 11.5. The lowest BCUT2D eigenvalue weighted by molar-refractivity contribution is -0.130. The number of carbonyl (C=O) groups excluding carboxylic acids is 3. The minimum atomic E-state index is -0.975. The second-order valence-corrected chi connectivity index (χ2v) is 11.1. The summed E-state index contributed by atoms with van der Waals surface area (Å²) in [4.78, 5) is 42.8. The molecule has 0 bridgehead atoms. The number of imide groups is 1. The van der Waals surface area contributed by atoms with Crippen LogP contribution in [0, 0.1) is 6.92 Å². The zero-order chi connectivity index (χ0) is 30.6. The van der Waals surface area contributed by atoms with E-state index in [1.54, 1.807) is 0 Å². The van der Waals surface area contributed by atoms with E-state index in [0.717, 1.165) is 33.6 Å². The maximum Gasteiger partial charge on any atom is 0.324 e. The van der Waals surface area contributed by atoms with E-state index >= 15 is 0 Å². The number of aryl methyl sites for hydroxylation is 1. The van der Waals surface area contributed by atoms with Crippen molar-refractivity contribution < 1.29 is 19.1 Å². The van der Waals surface area contributed by atoms with Crippen LogP contribution < -0.4 is 21.1 Å². The van der Waals surface area contributed by atoms with Gasteiger partial charge in [0.1, 0.15) is 11.8 Å². The molecule has 0 spiro atoms. The average Bonchev–Trinajstić information content (AvgIpc) is 3.47. The van der Waals surface area contributed by atoms with Gasteiger partial charge in [0, 0.05) is 26.1 Å². The van der Waals surface area contributed by atoms with Crippen LogP contribution in [0.5, 0.6) is 5.75 Å². The van der Waals surface area contributed by atoms with Crippen molar-refractivity contribution in [3.8, 4) is 5.75 Å². The number of nitrogens with zero attached hydrogens (tertiary/aromatic N) is 1. The van der Waals surface area contributed by atoms with Crippen molar-refractivity contribution in [2.75, 3.05) is 13.2 Å². The van der Waals surface area contributed by atoms with E-state index in [4.69, 9.17) is 10.5 Å². The van der Waals surface area contributed by atoms with Crippen molar-refractivity contribution in [1.29, 1.82) is 0 Å². The molecule has 0 unspecified atom stereocenters. The van der Waals surface area contributed by atoms with Crippen LogP contribution >= 0.6 is 11.3 Å². The number of rotatable bonds is 13. The van der Waals surface area contributed by atoms with E-state index in [1.165, 1.54) is 16.2 Å². The molecule has 1 heterocycles. The molecule has 4 amide bonds. The van der Waals surface area contributed by atoms with Gasteiger partial charge in [0.2, 0.25) is 0 Å². The van der Waals surface area contributed by atoms with E-state index in [0.29, 0.717) is 24.4 Å². The number of hydrogen-bond donors (Lipinski definition) is 3. The first-order valence-electron chi connectivity index (χ1n) is 14.4. The van der Waals surface area contributed by atoms with Crippen LogP contribution in [0.1, 0.15) is 44.4 Å². The average molecular weight is 599 g/mol. The van der Waals surface area contributed by atoms with Crippen LogP contribution in [0.2, 0.25) is 0 Å². The molecule has 0 radical (unpaired) electrons. The monoisotopic (exact) mass is 598 g/mol. The third-order valence-electron chi connectivity index (χ3n) is 7.03. The van der Waals surface area contributed by atoms with Gasteiger partial charge in [0.25, 0.3) is 11.8 Å². The highest BCUT2D eigenvalue weighted by atomic mass is 32.1. The third-order valence-corrected chi connectivity index (χ3v) is 8.04. The second-order valence-electron chi connectivity index (χ2n) is 10.1. The van der Waals surface area contributed by atoms with Crippen molar-refractivity contribution in [3.05, 3.63) is 123 Å². The summed E-state index contributed by atoms with van der Waals surface area (Å²) in [5.41, 5.74) is 10.2. The number of urea groups is 1. The Bertz CT molecular complexity index is 1490. The molecule has 8 nitrogen and oxygen atoms in total. The number of thiophene rings is 1. The standard InChI is InChI=1S/C34H38N4O4S/c1-3-42-29-15-13-26(14-16-29)21-30(37-32(39)31-24(2)18-20-43-31)33(40)38(19-17-25-7-5-4-6-8-25)34(41)36-23-28-11-9-27(22-35)10-12-28/h4-16,18,20,30H,3,17,19,21-23,35H2,1-2H3,(H,36,41)(H,37,39)/t30-/m1/s1. The molecule has 0 saturated heterocycles. The summed E-state index contributed by atoms with van der Waals surface area (Å²) in [5.74, 6) is -0.112. The molecule has 0 saturated carbocycles. The van der Waals surface area contributed by atoms with Gasteiger partial charge in [0.05, 0.1) is 11.5 Å². The first kappa shape index (κ1) is 31.5. The van der Waals surface area contributed by atoms with E-state index < -0.39 is 18.0 Å². The Balaban J connectivity index is 1.58. The van der Waals surface area contributed by atoms with Crippen LogP contribution in [0.25, 0.3) is 0 Å². The fraction of sp³-hybridized carbons (Fsp3) is 0.265. The summed E-state index contributed by atoms with van der Waals surface area (Å²) in [6, 6.07) is 25.1. The molecule has 3 aromatic carbocycles. The van der Waals surface area contributed by atoms with Gasteiger partial charge >= 0.3 is 6.03 Å². The van der Waals surface area contributed by atoms with Gasteiger partial charge in [-0.3, -0.25) is 14.5 Å². The molecule has 0 fully saturated rings. The van der Waals surface area contributed by atoms with Gasteiger partial charge in [-0.05, 0) is 71.7 Å². The predicted molar refractivity (Wildman–Crippen MR) is 170 cm³/mol. The van der Waals surface area contributed by atoms with Gasteiger partial charge in [0.15, 0.2) is 0 Å². The number of nitrogens with two attached hydrogens (primary N) is 1. The van der Waals surface area contributed by atoms with Crippen LogP contribution in [0.15, 0.2) is 90.3 Å². The van der Waals surface area contributed by atoms with Crippen LogP contribution in [-0.2, 0) is 30.7 Å². The Morgan fingerprint density at radius 1 is 0.884 bits per heavy atom. The number of nitrogens with one attached hydrogen (secondary N) is 2. The lowest BCUT2D eigenvalue weighted by Gasteiger charge is -2.27. The second kappa shape index (κ2) is 15.7. The molecule has 4 aromatic rings. The topological polar surface area (TPSA) is 114 Å². The molecule has 9 heteroatoms. The molecule has 0 aliphatic heterocycles. The summed E-state index contributed by atoms with van der Waals surface area (Å²) in [7, 11) is 0. The molecule has 0 aliphatic rings. The maximum atomic E-state index is 14.2. The summed E-state index contributed by atoms with van der Waals surface area (Å²) in [5, 5.41) is 7.66. The summed E-state index contributed by atoms with van der Waals surface area (Å²) in [6.45, 7) is 5.13. The van der Waals surface area contributed by atoms with Gasteiger partial charge in [-0.2, -0.15) is 0 Å². The number of amides is 4. The Hall–Kier alpha value is -4.47. The van der Waals surface area contributed by atoms with Crippen LogP contribution in [0.4, 0.5) is 4.79 Å². The summed E-state index contributed by atoms with van der Waals surface area (Å²) in [6.07, 6.45) is 0.677. The molecule has 1 atom stereocenters. The van der Waals surface area contributed by atoms with Crippen molar-refractivity contribution in [1.82, 2.24) is 15.5 Å².